The van der Waals surface area contributed by atoms with Crippen LogP contribution in [0.2, 0.25) is 0 Å². The highest BCUT2D eigenvalue weighted by atomic mass is 32.2. The predicted octanol–water partition coefficient (Wildman–Crippen LogP) is 2.64. The summed E-state index contributed by atoms with van der Waals surface area (Å²) >= 11 is 0. The highest BCUT2D eigenvalue weighted by molar-refractivity contribution is 7.90. The average Bonchev–Trinajstić information content (AvgIpc) is 3.19. The Balaban J connectivity index is 1.82. The van der Waals surface area contributed by atoms with Crippen LogP contribution in [0, 0.1) is 6.92 Å². The molecule has 0 radical (unpaired) electrons. The van der Waals surface area contributed by atoms with Crippen LogP contribution in [0.5, 0.6) is 0 Å². The SMILES string of the molecule is Cc1ccc([C@@H](CNc2ncccc2S(C)(=O)=O)N2CCCC2)o1. The van der Waals surface area contributed by atoms with Crippen molar-refractivity contribution >= 4 is 15.7 Å². The summed E-state index contributed by atoms with van der Waals surface area (Å²) in [5, 5.41) is 3.21. The lowest BCUT2D eigenvalue weighted by Gasteiger charge is -2.26. The molecule has 1 aliphatic heterocycles. The number of aromatic nitrogens is 1. The fourth-order valence-corrected chi connectivity index (χ4v) is 3.91. The smallest absolute Gasteiger partial charge is 0.179 e. The van der Waals surface area contributed by atoms with E-state index in [0.717, 1.165) is 24.6 Å². The van der Waals surface area contributed by atoms with Gasteiger partial charge in [0.1, 0.15) is 22.2 Å². The molecule has 3 heterocycles. The maximum atomic E-state index is 11.9. The van der Waals surface area contributed by atoms with Crippen molar-refractivity contribution in [2.75, 3.05) is 31.2 Å². The van der Waals surface area contributed by atoms with Crippen LogP contribution >= 0.6 is 0 Å². The zero-order chi connectivity index (χ0) is 17.2. The molecular formula is C17H23N3O3S. The Labute approximate surface area is 142 Å². The van der Waals surface area contributed by atoms with E-state index in [0.29, 0.717) is 12.4 Å². The largest absolute Gasteiger partial charge is 0.465 e. The number of hydrogen-bond acceptors (Lipinski definition) is 6. The lowest BCUT2D eigenvalue weighted by Crippen LogP contribution is -2.31. The predicted molar refractivity (Wildman–Crippen MR) is 92.8 cm³/mol. The zero-order valence-electron chi connectivity index (χ0n) is 14.0. The van der Waals surface area contributed by atoms with E-state index in [9.17, 15) is 8.42 Å². The van der Waals surface area contributed by atoms with Gasteiger partial charge in [-0.1, -0.05) is 0 Å². The molecule has 1 saturated heterocycles. The standard InChI is InChI=1S/C17H23N3O3S/c1-13-7-8-15(23-13)14(20-10-3-4-11-20)12-19-17-16(24(2,21)22)6-5-9-18-17/h5-9,14H,3-4,10-12H2,1-2H3,(H,18,19)/t14-/m1/s1. The van der Waals surface area contributed by atoms with Crippen molar-refractivity contribution in [3.63, 3.8) is 0 Å². The maximum absolute atomic E-state index is 11.9. The van der Waals surface area contributed by atoms with E-state index in [-0.39, 0.29) is 10.9 Å². The molecule has 0 amide bonds. The van der Waals surface area contributed by atoms with Gasteiger partial charge in [0.25, 0.3) is 0 Å². The Morgan fingerprint density at radius 3 is 2.67 bits per heavy atom. The van der Waals surface area contributed by atoms with Gasteiger partial charge in [-0.25, -0.2) is 13.4 Å². The molecule has 1 atom stereocenters. The molecule has 7 heteroatoms. The lowest BCUT2D eigenvalue weighted by atomic mass is 10.2. The third kappa shape index (κ3) is 3.79. The Bertz CT molecular complexity index is 795. The zero-order valence-corrected chi connectivity index (χ0v) is 14.8. The lowest BCUT2D eigenvalue weighted by molar-refractivity contribution is 0.223. The van der Waals surface area contributed by atoms with Crippen LogP contribution in [-0.4, -0.2) is 44.2 Å². The molecule has 2 aromatic rings. The third-order valence-corrected chi connectivity index (χ3v) is 5.43. The first kappa shape index (κ1) is 17.0. The van der Waals surface area contributed by atoms with Crippen molar-refractivity contribution in [2.24, 2.45) is 0 Å². The minimum absolute atomic E-state index is 0.0654. The van der Waals surface area contributed by atoms with Gasteiger partial charge in [-0.3, -0.25) is 4.90 Å². The van der Waals surface area contributed by atoms with Gasteiger partial charge in [-0.2, -0.15) is 0 Å². The summed E-state index contributed by atoms with van der Waals surface area (Å²) in [7, 11) is -3.32. The molecule has 1 aliphatic rings. The molecule has 1 fully saturated rings. The Morgan fingerprint density at radius 2 is 2.04 bits per heavy atom. The second-order valence-electron chi connectivity index (χ2n) is 6.21. The Kier molecular flexibility index (Phi) is 4.91. The Morgan fingerprint density at radius 1 is 1.29 bits per heavy atom. The number of anilines is 1. The summed E-state index contributed by atoms with van der Waals surface area (Å²) in [4.78, 5) is 6.80. The summed E-state index contributed by atoms with van der Waals surface area (Å²) in [6.07, 6.45) is 5.14. The summed E-state index contributed by atoms with van der Waals surface area (Å²) in [5.74, 6) is 2.18. The number of aryl methyl sites for hydroxylation is 1. The van der Waals surface area contributed by atoms with Crippen molar-refractivity contribution in [1.29, 1.82) is 0 Å². The number of sulfone groups is 1. The van der Waals surface area contributed by atoms with Gasteiger partial charge >= 0.3 is 0 Å². The molecule has 130 valence electrons. The third-order valence-electron chi connectivity index (χ3n) is 4.30. The van der Waals surface area contributed by atoms with Crippen molar-refractivity contribution in [2.45, 2.75) is 30.7 Å². The highest BCUT2D eigenvalue weighted by Crippen LogP contribution is 2.28. The minimum atomic E-state index is -3.32. The average molecular weight is 349 g/mol. The molecule has 3 rings (SSSR count). The van der Waals surface area contributed by atoms with Crippen LogP contribution in [0.3, 0.4) is 0 Å². The molecular weight excluding hydrogens is 326 g/mol. The van der Waals surface area contributed by atoms with Crippen LogP contribution in [0.4, 0.5) is 5.82 Å². The molecule has 1 N–H and O–H groups in total. The van der Waals surface area contributed by atoms with E-state index in [1.54, 1.807) is 18.3 Å². The number of pyridine rings is 1. The second-order valence-corrected chi connectivity index (χ2v) is 8.19. The number of rotatable bonds is 6. The van der Waals surface area contributed by atoms with Gasteiger partial charge in [0.15, 0.2) is 9.84 Å². The quantitative estimate of drug-likeness (QED) is 0.864. The normalized spacial score (nSPS) is 17.1. The van der Waals surface area contributed by atoms with Crippen molar-refractivity contribution in [1.82, 2.24) is 9.88 Å². The number of nitrogens with zero attached hydrogens (tertiary/aromatic N) is 2. The monoisotopic (exact) mass is 349 g/mol. The van der Waals surface area contributed by atoms with Gasteiger partial charge in [0.2, 0.25) is 0 Å². The first-order valence-electron chi connectivity index (χ1n) is 8.14. The summed E-state index contributed by atoms with van der Waals surface area (Å²) in [6, 6.07) is 7.23. The number of nitrogens with one attached hydrogen (secondary N) is 1. The van der Waals surface area contributed by atoms with Gasteiger partial charge in [-0.05, 0) is 57.1 Å². The first-order chi connectivity index (χ1) is 11.4. The minimum Gasteiger partial charge on any atom is -0.465 e. The fourth-order valence-electron chi connectivity index (χ4n) is 3.11. The first-order valence-corrected chi connectivity index (χ1v) is 10.0. The van der Waals surface area contributed by atoms with Gasteiger partial charge in [-0.15, -0.1) is 0 Å². The molecule has 0 aromatic carbocycles. The van der Waals surface area contributed by atoms with E-state index in [1.807, 2.05) is 19.1 Å². The molecule has 0 bridgehead atoms. The van der Waals surface area contributed by atoms with Gasteiger partial charge < -0.3 is 9.73 Å². The maximum Gasteiger partial charge on any atom is 0.179 e. The van der Waals surface area contributed by atoms with Crippen LogP contribution < -0.4 is 5.32 Å². The Hall–Kier alpha value is -1.86. The van der Waals surface area contributed by atoms with E-state index < -0.39 is 9.84 Å². The van der Waals surface area contributed by atoms with Gasteiger partial charge in [0.05, 0.1) is 6.04 Å². The van der Waals surface area contributed by atoms with E-state index in [4.69, 9.17) is 4.42 Å². The molecule has 0 saturated carbocycles. The molecule has 2 aromatic heterocycles. The number of furan rings is 1. The number of likely N-dealkylation sites (tertiary alicyclic amines) is 1. The molecule has 6 nitrogen and oxygen atoms in total. The van der Waals surface area contributed by atoms with Crippen LogP contribution in [0.25, 0.3) is 0 Å². The summed E-state index contributed by atoms with van der Waals surface area (Å²) in [6.45, 7) is 4.52. The summed E-state index contributed by atoms with van der Waals surface area (Å²) < 4.78 is 29.7. The molecule has 0 spiro atoms. The van der Waals surface area contributed by atoms with Gasteiger partial charge in [0, 0.05) is 19.0 Å². The van der Waals surface area contributed by atoms with Crippen molar-refractivity contribution in [3.05, 3.63) is 42.0 Å². The van der Waals surface area contributed by atoms with Crippen LogP contribution in [-0.2, 0) is 9.84 Å². The van der Waals surface area contributed by atoms with Crippen molar-refractivity contribution in [3.8, 4) is 0 Å². The molecule has 0 unspecified atom stereocenters. The van der Waals surface area contributed by atoms with E-state index in [1.165, 1.54) is 19.1 Å². The highest BCUT2D eigenvalue weighted by Gasteiger charge is 2.26. The number of hydrogen-bond donors (Lipinski definition) is 1. The molecule has 0 aliphatic carbocycles. The topological polar surface area (TPSA) is 75.4 Å². The molecule has 24 heavy (non-hydrogen) atoms. The summed E-state index contributed by atoms with van der Waals surface area (Å²) in [5.41, 5.74) is 0. The van der Waals surface area contributed by atoms with E-state index >= 15 is 0 Å². The van der Waals surface area contributed by atoms with Crippen LogP contribution in [0.15, 0.2) is 39.8 Å². The van der Waals surface area contributed by atoms with Crippen LogP contribution in [0.1, 0.15) is 30.4 Å². The fraction of sp³-hybridized carbons (Fsp3) is 0.471. The second kappa shape index (κ2) is 6.94. The van der Waals surface area contributed by atoms with Crippen molar-refractivity contribution < 1.29 is 12.8 Å². The van der Waals surface area contributed by atoms with E-state index in [2.05, 4.69) is 15.2 Å².